The molecule has 3 aromatic rings. The van der Waals surface area contributed by atoms with Crippen LogP contribution in [0.5, 0.6) is 0 Å². The maximum absolute atomic E-state index is 5.25. The van der Waals surface area contributed by atoms with Crippen molar-refractivity contribution in [1.29, 1.82) is 0 Å². The van der Waals surface area contributed by atoms with Gasteiger partial charge in [0, 0.05) is 6.04 Å². The van der Waals surface area contributed by atoms with E-state index in [0.29, 0.717) is 6.04 Å². The van der Waals surface area contributed by atoms with Gasteiger partial charge in [-0.3, -0.25) is 5.01 Å². The number of nitrogens with zero attached hydrogens (tertiary/aromatic N) is 2. The molecule has 2 atom stereocenters. The molecular weight excluding hydrogens is 378 g/mol. The van der Waals surface area contributed by atoms with Crippen molar-refractivity contribution in [2.24, 2.45) is 5.10 Å². The first kappa shape index (κ1) is 20.0. The van der Waals surface area contributed by atoms with E-state index in [-0.39, 0.29) is 12.1 Å². The number of hydrogen-bond donors (Lipinski definition) is 1. The summed E-state index contributed by atoms with van der Waals surface area (Å²) in [7, 11) is 0. The summed E-state index contributed by atoms with van der Waals surface area (Å²) in [6, 6.07) is 31.1. The average molecular weight is 410 g/mol. The van der Waals surface area contributed by atoms with Crippen molar-refractivity contribution >= 4 is 11.4 Å². The second-order valence-corrected chi connectivity index (χ2v) is 8.87. The molecule has 5 rings (SSSR count). The van der Waals surface area contributed by atoms with Gasteiger partial charge >= 0.3 is 0 Å². The number of benzene rings is 3. The van der Waals surface area contributed by atoms with Gasteiger partial charge in [-0.05, 0) is 43.0 Å². The van der Waals surface area contributed by atoms with Crippen molar-refractivity contribution in [2.75, 3.05) is 5.01 Å². The molecule has 0 radical (unpaired) electrons. The minimum atomic E-state index is 0.127. The largest absolute Gasteiger partial charge is 0.304 e. The van der Waals surface area contributed by atoms with Crippen LogP contribution in [0.3, 0.4) is 0 Å². The molecule has 1 N–H and O–H groups in total. The SMILES string of the molecule is Cc1ccc(C2=NN(c3ccccc3)[C@H](c3ccccc3)[C@H]2NC2CCCCC2)cc1. The normalized spacial score (nSPS) is 21.8. The molecule has 2 aliphatic rings. The first-order valence-electron chi connectivity index (χ1n) is 11.6. The van der Waals surface area contributed by atoms with Crippen LogP contribution in [0.25, 0.3) is 0 Å². The molecule has 0 amide bonds. The lowest BCUT2D eigenvalue weighted by atomic mass is 9.89. The highest BCUT2D eigenvalue weighted by Gasteiger charge is 2.40. The molecule has 0 saturated heterocycles. The van der Waals surface area contributed by atoms with Gasteiger partial charge in [0.25, 0.3) is 0 Å². The van der Waals surface area contributed by atoms with E-state index in [1.165, 1.54) is 48.8 Å². The summed E-state index contributed by atoms with van der Waals surface area (Å²) in [6.07, 6.45) is 6.51. The molecule has 1 aliphatic carbocycles. The van der Waals surface area contributed by atoms with Gasteiger partial charge in [-0.25, -0.2) is 0 Å². The predicted octanol–water partition coefficient (Wildman–Crippen LogP) is 6.25. The Kier molecular flexibility index (Phi) is 5.86. The lowest BCUT2D eigenvalue weighted by Gasteiger charge is -2.33. The summed E-state index contributed by atoms with van der Waals surface area (Å²) < 4.78 is 0. The molecule has 1 heterocycles. The van der Waals surface area contributed by atoms with Crippen molar-refractivity contribution in [1.82, 2.24) is 5.32 Å². The van der Waals surface area contributed by atoms with Crippen LogP contribution in [0, 0.1) is 6.92 Å². The van der Waals surface area contributed by atoms with Crippen molar-refractivity contribution in [2.45, 2.75) is 57.2 Å². The van der Waals surface area contributed by atoms with E-state index in [4.69, 9.17) is 5.10 Å². The van der Waals surface area contributed by atoms with Gasteiger partial charge in [-0.15, -0.1) is 0 Å². The minimum absolute atomic E-state index is 0.127. The highest BCUT2D eigenvalue weighted by Crippen LogP contribution is 2.37. The Hall–Kier alpha value is -2.91. The van der Waals surface area contributed by atoms with Crippen molar-refractivity contribution in [3.8, 4) is 0 Å². The summed E-state index contributed by atoms with van der Waals surface area (Å²) in [4.78, 5) is 0. The Morgan fingerprint density at radius 3 is 2.10 bits per heavy atom. The Morgan fingerprint density at radius 2 is 1.42 bits per heavy atom. The molecule has 0 unspecified atom stereocenters. The van der Waals surface area contributed by atoms with E-state index in [2.05, 4.69) is 102 Å². The molecule has 0 spiro atoms. The molecule has 1 aliphatic heterocycles. The van der Waals surface area contributed by atoms with Crippen LogP contribution >= 0.6 is 0 Å². The zero-order chi connectivity index (χ0) is 21.0. The van der Waals surface area contributed by atoms with Crippen LogP contribution in [-0.2, 0) is 0 Å². The van der Waals surface area contributed by atoms with E-state index in [9.17, 15) is 0 Å². The minimum Gasteiger partial charge on any atom is -0.304 e. The van der Waals surface area contributed by atoms with Gasteiger partial charge < -0.3 is 5.32 Å². The highest BCUT2D eigenvalue weighted by molar-refractivity contribution is 6.07. The fraction of sp³-hybridized carbons (Fsp3) is 0.321. The second kappa shape index (κ2) is 9.07. The maximum atomic E-state index is 5.25. The number of para-hydroxylation sites is 1. The van der Waals surface area contributed by atoms with Crippen molar-refractivity contribution in [3.63, 3.8) is 0 Å². The zero-order valence-corrected chi connectivity index (χ0v) is 18.2. The molecule has 1 fully saturated rings. The summed E-state index contributed by atoms with van der Waals surface area (Å²) in [5.74, 6) is 0. The monoisotopic (exact) mass is 409 g/mol. The molecule has 1 saturated carbocycles. The summed E-state index contributed by atoms with van der Waals surface area (Å²) in [5, 5.41) is 11.5. The Bertz CT molecular complexity index is 1010. The lowest BCUT2D eigenvalue weighted by molar-refractivity contribution is 0.348. The van der Waals surface area contributed by atoms with Gasteiger partial charge in [0.1, 0.15) is 0 Å². The Balaban J connectivity index is 1.59. The fourth-order valence-electron chi connectivity index (χ4n) is 4.97. The standard InChI is InChI=1S/C28H31N3/c1-21-17-19-22(20-18-21)26-27(29-24-13-7-3-8-14-24)28(23-11-5-2-6-12-23)31(30-26)25-15-9-4-10-16-25/h2,4-6,9-12,15-20,24,27-29H,3,7-8,13-14H2,1H3/t27-,28+/m0/s1. The zero-order valence-electron chi connectivity index (χ0n) is 18.2. The molecule has 0 bridgehead atoms. The summed E-state index contributed by atoms with van der Waals surface area (Å²) >= 11 is 0. The van der Waals surface area contributed by atoms with Crippen LogP contribution in [0.1, 0.15) is 54.8 Å². The summed E-state index contributed by atoms with van der Waals surface area (Å²) in [5.41, 5.74) is 6.06. The van der Waals surface area contributed by atoms with Crippen LogP contribution in [0.15, 0.2) is 90.0 Å². The van der Waals surface area contributed by atoms with Crippen LogP contribution in [-0.4, -0.2) is 17.8 Å². The molecule has 3 aromatic carbocycles. The molecular formula is C28H31N3. The third kappa shape index (κ3) is 4.28. The number of anilines is 1. The average Bonchev–Trinajstić information content (AvgIpc) is 3.20. The van der Waals surface area contributed by atoms with Crippen LogP contribution < -0.4 is 10.3 Å². The second-order valence-electron chi connectivity index (χ2n) is 8.87. The first-order chi connectivity index (χ1) is 15.3. The van der Waals surface area contributed by atoms with E-state index in [1.807, 2.05) is 0 Å². The van der Waals surface area contributed by atoms with E-state index >= 15 is 0 Å². The molecule has 0 aromatic heterocycles. The third-order valence-electron chi connectivity index (χ3n) is 6.62. The number of hydrazone groups is 1. The first-order valence-corrected chi connectivity index (χ1v) is 11.6. The van der Waals surface area contributed by atoms with E-state index in [0.717, 1.165) is 11.4 Å². The Labute approximate surface area is 185 Å². The van der Waals surface area contributed by atoms with E-state index in [1.54, 1.807) is 0 Å². The number of rotatable bonds is 5. The fourth-order valence-corrected chi connectivity index (χ4v) is 4.97. The molecule has 158 valence electrons. The maximum Gasteiger partial charge on any atom is 0.0986 e. The Morgan fingerprint density at radius 1 is 0.774 bits per heavy atom. The molecule has 3 heteroatoms. The quantitative estimate of drug-likeness (QED) is 0.539. The van der Waals surface area contributed by atoms with Crippen LogP contribution in [0.4, 0.5) is 5.69 Å². The summed E-state index contributed by atoms with van der Waals surface area (Å²) in [6.45, 7) is 2.14. The number of aryl methyl sites for hydroxylation is 1. The van der Waals surface area contributed by atoms with Crippen LogP contribution in [0.2, 0.25) is 0 Å². The number of hydrogen-bond acceptors (Lipinski definition) is 3. The van der Waals surface area contributed by atoms with Crippen molar-refractivity contribution in [3.05, 3.63) is 102 Å². The topological polar surface area (TPSA) is 27.6 Å². The van der Waals surface area contributed by atoms with Gasteiger partial charge in [0.15, 0.2) is 0 Å². The molecule has 3 nitrogen and oxygen atoms in total. The van der Waals surface area contributed by atoms with Gasteiger partial charge in [-0.1, -0.05) is 97.6 Å². The van der Waals surface area contributed by atoms with Gasteiger partial charge in [0.05, 0.1) is 23.5 Å². The van der Waals surface area contributed by atoms with E-state index < -0.39 is 0 Å². The number of nitrogens with one attached hydrogen (secondary N) is 1. The molecule has 31 heavy (non-hydrogen) atoms. The predicted molar refractivity (Wildman–Crippen MR) is 130 cm³/mol. The third-order valence-corrected chi connectivity index (χ3v) is 6.62. The lowest BCUT2D eigenvalue weighted by Crippen LogP contribution is -2.47. The van der Waals surface area contributed by atoms with Gasteiger partial charge in [-0.2, -0.15) is 5.10 Å². The highest BCUT2D eigenvalue weighted by atomic mass is 15.5. The van der Waals surface area contributed by atoms with Crippen molar-refractivity contribution < 1.29 is 0 Å². The van der Waals surface area contributed by atoms with Gasteiger partial charge in [0.2, 0.25) is 0 Å². The smallest absolute Gasteiger partial charge is 0.0986 e.